The van der Waals surface area contributed by atoms with Crippen LogP contribution in [0.5, 0.6) is 0 Å². The highest BCUT2D eigenvalue weighted by Crippen LogP contribution is 2.38. The molecular weight excluding hydrogens is 573 g/mol. The van der Waals surface area contributed by atoms with E-state index in [1.807, 2.05) is 0 Å². The van der Waals surface area contributed by atoms with E-state index in [0.29, 0.717) is 25.4 Å². The maximum atomic E-state index is 14.1. The Morgan fingerprint density at radius 1 is 0.682 bits per heavy atom. The van der Waals surface area contributed by atoms with E-state index in [4.69, 9.17) is 8.85 Å². The maximum Gasteiger partial charge on any atom is 0.192 e. The lowest BCUT2D eigenvalue weighted by atomic mass is 9.81. The molecule has 0 saturated heterocycles. The van der Waals surface area contributed by atoms with Crippen molar-refractivity contribution in [2.45, 2.75) is 129 Å². The van der Waals surface area contributed by atoms with Crippen molar-refractivity contribution in [2.24, 2.45) is 0 Å². The van der Waals surface area contributed by atoms with Gasteiger partial charge in [-0.25, -0.2) is 0 Å². The largest absolute Gasteiger partial charge is 0.413 e. The van der Waals surface area contributed by atoms with Crippen molar-refractivity contribution in [3.05, 3.63) is 82.9 Å². The van der Waals surface area contributed by atoms with Crippen molar-refractivity contribution in [1.29, 1.82) is 0 Å². The zero-order valence-corrected chi connectivity index (χ0v) is 31.9. The normalized spacial score (nSPS) is 13.5. The molecule has 0 aliphatic carbocycles. The number of benzene rings is 2. The van der Waals surface area contributed by atoms with Gasteiger partial charge in [0, 0.05) is 6.42 Å². The van der Waals surface area contributed by atoms with Crippen LogP contribution in [0.25, 0.3) is 12.2 Å². The minimum Gasteiger partial charge on any atom is -0.413 e. The molecule has 0 heterocycles. The molecule has 0 atom stereocenters. The van der Waals surface area contributed by atoms with Crippen molar-refractivity contribution in [1.82, 2.24) is 0 Å². The summed E-state index contributed by atoms with van der Waals surface area (Å²) in [7, 11) is -3.68. The van der Waals surface area contributed by atoms with Gasteiger partial charge in [0.2, 0.25) is 0 Å². The number of hydrogen-bond donors (Lipinski definition) is 0. The number of rotatable bonds is 17. The molecule has 0 aromatic heterocycles. The molecule has 0 bridgehead atoms. The quantitative estimate of drug-likeness (QED) is 0.128. The molecule has 0 fully saturated rings. The fraction of sp³-hybridized carbons (Fsp3) is 0.564. The van der Waals surface area contributed by atoms with Crippen LogP contribution in [0, 0.1) is 0 Å². The van der Waals surface area contributed by atoms with Gasteiger partial charge in [-0.3, -0.25) is 4.79 Å². The van der Waals surface area contributed by atoms with E-state index >= 15 is 0 Å². The maximum absolute atomic E-state index is 14.1. The molecule has 244 valence electrons. The van der Waals surface area contributed by atoms with Crippen LogP contribution in [0.4, 0.5) is 0 Å². The zero-order chi connectivity index (χ0) is 33.0. The molecule has 3 nitrogen and oxygen atoms in total. The number of hydrogen-bond acceptors (Lipinski definition) is 3. The molecule has 0 spiro atoms. The lowest BCUT2D eigenvalue weighted by molar-refractivity contribution is -0.119. The Hall–Kier alpha value is -2.06. The third-order valence-corrected chi connectivity index (χ3v) is 18.8. The van der Waals surface area contributed by atoms with E-state index in [1.54, 1.807) is 0 Å². The van der Waals surface area contributed by atoms with Crippen LogP contribution < -0.4 is 0 Å². The SMILES string of the molecule is CCCCCCCC(=O)C(c1ccccc1/C=C/CO[Si](C)(C)C(C)(C)C)c1ccccc1/C=C/CO[Si](C)(C)C(C)(C)C. The van der Waals surface area contributed by atoms with Crippen LogP contribution in [0.3, 0.4) is 0 Å². The minimum absolute atomic E-state index is 0.167. The summed E-state index contributed by atoms with van der Waals surface area (Å²) in [5, 5.41) is 0.334. The van der Waals surface area contributed by atoms with E-state index in [9.17, 15) is 4.79 Å². The van der Waals surface area contributed by atoms with Crippen LogP contribution in [0.15, 0.2) is 60.7 Å². The first-order valence-electron chi connectivity index (χ1n) is 16.8. The number of Topliss-reactive ketones (excluding diaryl/α,β-unsaturated/α-hetero) is 1. The third kappa shape index (κ3) is 11.4. The summed E-state index contributed by atoms with van der Waals surface area (Å²) in [5.41, 5.74) is 4.28. The predicted molar refractivity (Wildman–Crippen MR) is 197 cm³/mol. The van der Waals surface area contributed by atoms with Gasteiger partial charge in [-0.15, -0.1) is 0 Å². The van der Waals surface area contributed by atoms with Gasteiger partial charge < -0.3 is 8.85 Å². The van der Waals surface area contributed by atoms with Crippen LogP contribution in [0.2, 0.25) is 36.3 Å². The number of carbonyl (C=O) groups is 1. The van der Waals surface area contributed by atoms with Crippen LogP contribution >= 0.6 is 0 Å². The fourth-order valence-electron chi connectivity index (χ4n) is 4.71. The van der Waals surface area contributed by atoms with Gasteiger partial charge in [0.25, 0.3) is 0 Å². The molecule has 0 N–H and O–H groups in total. The first-order valence-corrected chi connectivity index (χ1v) is 22.6. The van der Waals surface area contributed by atoms with Gasteiger partial charge >= 0.3 is 0 Å². The highest BCUT2D eigenvalue weighted by atomic mass is 28.4. The molecule has 2 aromatic carbocycles. The molecule has 5 heteroatoms. The molecule has 0 amide bonds. The zero-order valence-electron chi connectivity index (χ0n) is 29.9. The van der Waals surface area contributed by atoms with Crippen molar-refractivity contribution in [2.75, 3.05) is 13.2 Å². The minimum atomic E-state index is -1.84. The Labute approximate surface area is 272 Å². The first-order chi connectivity index (χ1) is 20.5. The summed E-state index contributed by atoms with van der Waals surface area (Å²) in [6.07, 6.45) is 14.8. The second-order valence-corrected chi connectivity index (χ2v) is 24.9. The van der Waals surface area contributed by atoms with Crippen molar-refractivity contribution in [3.63, 3.8) is 0 Å². The lowest BCUT2D eigenvalue weighted by Gasteiger charge is -2.35. The highest BCUT2D eigenvalue weighted by molar-refractivity contribution is 6.74. The average Bonchev–Trinajstić information content (AvgIpc) is 2.93. The monoisotopic (exact) mass is 634 g/mol. The van der Waals surface area contributed by atoms with Crippen molar-refractivity contribution < 1.29 is 13.6 Å². The molecular formula is C39H62O3Si2. The van der Waals surface area contributed by atoms with Crippen LogP contribution in [0.1, 0.15) is 115 Å². The predicted octanol–water partition coefficient (Wildman–Crippen LogP) is 11.8. The smallest absolute Gasteiger partial charge is 0.192 e. The highest BCUT2D eigenvalue weighted by Gasteiger charge is 2.37. The van der Waals surface area contributed by atoms with E-state index in [-0.39, 0.29) is 16.0 Å². The summed E-state index contributed by atoms with van der Waals surface area (Å²) in [6, 6.07) is 16.8. The second kappa shape index (κ2) is 17.0. The molecule has 0 aliphatic heterocycles. The number of carbonyl (C=O) groups excluding carboxylic acids is 1. The second-order valence-electron chi connectivity index (χ2n) is 15.3. The van der Waals surface area contributed by atoms with Gasteiger partial charge in [0.1, 0.15) is 5.78 Å². The molecule has 2 aromatic rings. The van der Waals surface area contributed by atoms with E-state index in [1.165, 1.54) is 19.3 Å². The van der Waals surface area contributed by atoms with Crippen LogP contribution in [-0.2, 0) is 13.6 Å². The summed E-state index contributed by atoms with van der Waals surface area (Å²) in [6.45, 7) is 26.1. The van der Waals surface area contributed by atoms with Gasteiger partial charge in [-0.2, -0.15) is 0 Å². The fourth-order valence-corrected chi connectivity index (χ4v) is 6.60. The Morgan fingerprint density at radius 3 is 1.50 bits per heavy atom. The summed E-state index contributed by atoms with van der Waals surface area (Å²) >= 11 is 0. The Morgan fingerprint density at radius 2 is 1.09 bits per heavy atom. The molecule has 0 saturated carbocycles. The van der Waals surface area contributed by atoms with Gasteiger partial charge in [0.15, 0.2) is 16.6 Å². The van der Waals surface area contributed by atoms with Gasteiger partial charge in [-0.1, -0.05) is 147 Å². The average molecular weight is 635 g/mol. The summed E-state index contributed by atoms with van der Waals surface area (Å²) < 4.78 is 12.8. The van der Waals surface area contributed by atoms with E-state index < -0.39 is 16.6 Å². The van der Waals surface area contributed by atoms with Crippen LogP contribution in [-0.4, -0.2) is 35.6 Å². The molecule has 44 heavy (non-hydrogen) atoms. The number of ketones is 1. The third-order valence-electron chi connectivity index (χ3n) is 9.75. The molecule has 2 rings (SSSR count). The van der Waals surface area contributed by atoms with Crippen molar-refractivity contribution in [3.8, 4) is 0 Å². The van der Waals surface area contributed by atoms with E-state index in [2.05, 4.69) is 147 Å². The Bertz CT molecular complexity index is 1140. The Kier molecular flexibility index (Phi) is 14.8. The standard InChI is InChI=1S/C39H62O3Si2/c1-12-13-14-15-16-29-36(40)37(34-27-19-17-23-32(34)25-21-30-41-43(8,9)38(2,3)4)35-28-20-18-24-33(35)26-22-31-42-44(10,11)39(5,6)7/h17-28,37H,12-16,29-31H2,1-11H3/b25-21+,26-22+. The topological polar surface area (TPSA) is 35.5 Å². The Balaban J connectivity index is 2.42. The molecule has 0 radical (unpaired) electrons. The molecule has 0 aliphatic rings. The van der Waals surface area contributed by atoms with Crippen molar-refractivity contribution >= 4 is 34.6 Å². The molecule has 0 unspecified atom stereocenters. The summed E-state index contributed by atoms with van der Waals surface area (Å²) in [4.78, 5) is 14.1. The summed E-state index contributed by atoms with van der Waals surface area (Å²) in [5.74, 6) is -0.0382. The first kappa shape index (κ1) is 38.1. The number of unbranched alkanes of at least 4 members (excludes halogenated alkanes) is 4. The van der Waals surface area contributed by atoms with Gasteiger partial charge in [-0.05, 0) is 64.9 Å². The van der Waals surface area contributed by atoms with Gasteiger partial charge in [0.05, 0.1) is 19.1 Å². The van der Waals surface area contributed by atoms with E-state index in [0.717, 1.165) is 35.1 Å². The lowest BCUT2D eigenvalue weighted by Crippen LogP contribution is -2.40.